The van der Waals surface area contributed by atoms with Crippen LogP contribution in [0.5, 0.6) is 0 Å². The van der Waals surface area contributed by atoms with Gasteiger partial charge in [0.2, 0.25) is 0 Å². The van der Waals surface area contributed by atoms with Gasteiger partial charge in [0.25, 0.3) is 0 Å². The van der Waals surface area contributed by atoms with Crippen LogP contribution in [0.1, 0.15) is 52.4 Å². The van der Waals surface area contributed by atoms with Crippen molar-refractivity contribution in [1.29, 1.82) is 0 Å². The lowest BCUT2D eigenvalue weighted by atomic mass is 9.61. The Labute approximate surface area is 87.7 Å². The van der Waals surface area contributed by atoms with Gasteiger partial charge in [0.15, 0.2) is 0 Å². The van der Waals surface area contributed by atoms with Crippen LogP contribution in [0.25, 0.3) is 0 Å². The summed E-state index contributed by atoms with van der Waals surface area (Å²) in [6, 6.07) is 0.877. The van der Waals surface area contributed by atoms with E-state index in [0.29, 0.717) is 5.54 Å². The summed E-state index contributed by atoms with van der Waals surface area (Å²) in [6.07, 6.45) is 8.80. The molecule has 4 unspecified atom stereocenters. The second kappa shape index (κ2) is 2.98. The van der Waals surface area contributed by atoms with Gasteiger partial charge in [-0.2, -0.15) is 0 Å². The Kier molecular flexibility index (Phi) is 1.96. The molecule has 2 saturated heterocycles. The standard InChI is InChI=1S/C13H23N/c1-3-10-7-11(10)8-13-6-4-5-12(14-13)9(13)2/h9-12,14H,3-8H2,1-2H3/t9?,10-,11?,12?,13?/m1/s1. The fourth-order valence-corrected chi connectivity index (χ4v) is 4.05. The highest BCUT2D eigenvalue weighted by Gasteiger charge is 2.55. The maximum absolute atomic E-state index is 3.86. The van der Waals surface area contributed by atoms with Crippen LogP contribution in [0.2, 0.25) is 0 Å². The Balaban J connectivity index is 1.62. The lowest BCUT2D eigenvalue weighted by molar-refractivity contribution is -0.0165. The predicted octanol–water partition coefficient (Wildman–Crippen LogP) is 2.95. The van der Waals surface area contributed by atoms with E-state index in [0.717, 1.165) is 23.8 Å². The molecule has 4 fully saturated rings. The van der Waals surface area contributed by atoms with Crippen LogP contribution in [0.15, 0.2) is 0 Å². The van der Waals surface area contributed by atoms with Crippen LogP contribution in [-0.4, -0.2) is 11.6 Å². The third kappa shape index (κ3) is 1.18. The Hall–Kier alpha value is -0.0400. The summed E-state index contributed by atoms with van der Waals surface area (Å²) >= 11 is 0. The number of piperidine rings is 1. The zero-order chi connectivity index (χ0) is 9.76. The molecule has 2 saturated carbocycles. The van der Waals surface area contributed by atoms with Crippen molar-refractivity contribution in [3.05, 3.63) is 0 Å². The first kappa shape index (κ1) is 9.21. The second-order valence-corrected chi connectivity index (χ2v) is 5.96. The van der Waals surface area contributed by atoms with Gasteiger partial charge in [-0.15, -0.1) is 0 Å². The number of hydrogen-bond acceptors (Lipinski definition) is 1. The van der Waals surface area contributed by atoms with Crippen molar-refractivity contribution < 1.29 is 0 Å². The summed E-state index contributed by atoms with van der Waals surface area (Å²) in [4.78, 5) is 0. The fraction of sp³-hybridized carbons (Fsp3) is 1.00. The van der Waals surface area contributed by atoms with Crippen LogP contribution in [-0.2, 0) is 0 Å². The summed E-state index contributed by atoms with van der Waals surface area (Å²) in [5.74, 6) is 3.13. The van der Waals surface area contributed by atoms with E-state index in [1.165, 1.54) is 38.5 Å². The van der Waals surface area contributed by atoms with Crippen molar-refractivity contribution in [3.8, 4) is 0 Å². The molecule has 2 heterocycles. The van der Waals surface area contributed by atoms with Crippen molar-refractivity contribution >= 4 is 0 Å². The topological polar surface area (TPSA) is 12.0 Å². The molecule has 4 aliphatic rings. The molecule has 0 radical (unpaired) electrons. The first-order chi connectivity index (χ1) is 6.75. The van der Waals surface area contributed by atoms with E-state index in [2.05, 4.69) is 19.2 Å². The molecule has 1 nitrogen and oxygen atoms in total. The van der Waals surface area contributed by atoms with E-state index in [-0.39, 0.29) is 0 Å². The van der Waals surface area contributed by atoms with Gasteiger partial charge in [0.05, 0.1) is 0 Å². The molecular formula is C13H23N. The van der Waals surface area contributed by atoms with Gasteiger partial charge in [0.1, 0.15) is 0 Å². The molecule has 2 aliphatic heterocycles. The monoisotopic (exact) mass is 193 g/mol. The highest BCUT2D eigenvalue weighted by atomic mass is 15.1. The normalized spacial score (nSPS) is 55.3. The van der Waals surface area contributed by atoms with E-state index < -0.39 is 0 Å². The minimum absolute atomic E-state index is 0.595. The zero-order valence-corrected chi connectivity index (χ0v) is 9.55. The molecule has 2 aliphatic carbocycles. The van der Waals surface area contributed by atoms with Crippen LogP contribution < -0.4 is 5.32 Å². The van der Waals surface area contributed by atoms with Gasteiger partial charge in [-0.25, -0.2) is 0 Å². The molecule has 0 aromatic heterocycles. The largest absolute Gasteiger partial charge is 0.308 e. The molecule has 5 atom stereocenters. The Morgan fingerprint density at radius 2 is 2.21 bits per heavy atom. The van der Waals surface area contributed by atoms with Gasteiger partial charge in [-0.05, 0) is 43.4 Å². The van der Waals surface area contributed by atoms with Gasteiger partial charge in [0, 0.05) is 11.6 Å². The molecule has 4 rings (SSSR count). The summed E-state index contributed by atoms with van der Waals surface area (Å²) in [6.45, 7) is 4.83. The van der Waals surface area contributed by atoms with Gasteiger partial charge < -0.3 is 5.32 Å². The molecule has 1 heteroatoms. The van der Waals surface area contributed by atoms with Crippen LogP contribution in [0, 0.1) is 17.8 Å². The molecular weight excluding hydrogens is 170 g/mol. The molecule has 80 valence electrons. The van der Waals surface area contributed by atoms with Crippen molar-refractivity contribution in [1.82, 2.24) is 5.32 Å². The minimum Gasteiger partial charge on any atom is -0.308 e. The van der Waals surface area contributed by atoms with Crippen molar-refractivity contribution in [2.45, 2.75) is 64.0 Å². The van der Waals surface area contributed by atoms with Crippen LogP contribution >= 0.6 is 0 Å². The van der Waals surface area contributed by atoms with Crippen molar-refractivity contribution in [2.24, 2.45) is 17.8 Å². The highest BCUT2D eigenvalue weighted by molar-refractivity contribution is 5.13. The quantitative estimate of drug-likeness (QED) is 0.726. The Bertz CT molecular complexity index is 233. The molecule has 0 aromatic carbocycles. The summed E-state index contributed by atoms with van der Waals surface area (Å²) in [7, 11) is 0. The van der Waals surface area contributed by atoms with Crippen LogP contribution in [0.4, 0.5) is 0 Å². The molecule has 14 heavy (non-hydrogen) atoms. The smallest absolute Gasteiger partial charge is 0.0227 e. The third-order valence-electron chi connectivity index (χ3n) is 5.31. The van der Waals surface area contributed by atoms with E-state index in [1.807, 2.05) is 0 Å². The fourth-order valence-electron chi connectivity index (χ4n) is 4.05. The minimum atomic E-state index is 0.595. The summed E-state index contributed by atoms with van der Waals surface area (Å²) < 4.78 is 0. The molecule has 0 aromatic rings. The molecule has 0 spiro atoms. The summed E-state index contributed by atoms with van der Waals surface area (Å²) in [5.41, 5.74) is 0.595. The van der Waals surface area contributed by atoms with Crippen molar-refractivity contribution in [2.75, 3.05) is 0 Å². The summed E-state index contributed by atoms with van der Waals surface area (Å²) in [5, 5.41) is 3.86. The van der Waals surface area contributed by atoms with E-state index in [4.69, 9.17) is 0 Å². The second-order valence-electron chi connectivity index (χ2n) is 5.96. The third-order valence-corrected chi connectivity index (χ3v) is 5.31. The first-order valence-corrected chi connectivity index (χ1v) is 6.53. The maximum atomic E-state index is 3.86. The van der Waals surface area contributed by atoms with Gasteiger partial charge >= 0.3 is 0 Å². The number of fused-ring (bicyclic) bond motifs is 2. The molecule has 0 amide bonds. The Morgan fingerprint density at radius 1 is 1.36 bits per heavy atom. The maximum Gasteiger partial charge on any atom is 0.0227 e. The first-order valence-electron chi connectivity index (χ1n) is 6.53. The molecule has 2 bridgehead atoms. The van der Waals surface area contributed by atoms with Crippen LogP contribution in [0.3, 0.4) is 0 Å². The average molecular weight is 193 g/mol. The predicted molar refractivity (Wildman–Crippen MR) is 59.2 cm³/mol. The zero-order valence-electron chi connectivity index (χ0n) is 9.55. The van der Waals surface area contributed by atoms with E-state index in [1.54, 1.807) is 0 Å². The van der Waals surface area contributed by atoms with Gasteiger partial charge in [-0.1, -0.05) is 26.7 Å². The highest BCUT2D eigenvalue weighted by Crippen LogP contribution is 2.53. The lowest BCUT2D eigenvalue weighted by Gasteiger charge is -2.60. The van der Waals surface area contributed by atoms with E-state index >= 15 is 0 Å². The molecule has 1 N–H and O–H groups in total. The van der Waals surface area contributed by atoms with Gasteiger partial charge in [-0.3, -0.25) is 0 Å². The SMILES string of the molecule is CC[C@@H]1CC1CC12CCCC(N1)C2C. The Morgan fingerprint density at radius 3 is 2.79 bits per heavy atom. The van der Waals surface area contributed by atoms with E-state index in [9.17, 15) is 0 Å². The lowest BCUT2D eigenvalue weighted by Crippen LogP contribution is -2.73. The number of hydrogen-bond donors (Lipinski definition) is 1. The number of rotatable bonds is 3. The van der Waals surface area contributed by atoms with Crippen molar-refractivity contribution in [3.63, 3.8) is 0 Å². The average Bonchev–Trinajstić information content (AvgIpc) is 2.96. The number of nitrogens with one attached hydrogen (secondary N) is 1.